The van der Waals surface area contributed by atoms with Crippen LogP contribution >= 0.6 is 7.82 Å². The summed E-state index contributed by atoms with van der Waals surface area (Å²) in [4.78, 5) is 40.0. The molecule has 0 rings (SSSR count). The minimum Gasteiger partial charge on any atom is -0.756 e. The van der Waals surface area contributed by atoms with E-state index in [1.807, 2.05) is 33.3 Å². The Kier molecular flexibility index (Phi) is 52.0. The van der Waals surface area contributed by atoms with Crippen LogP contribution in [0.2, 0.25) is 0 Å². The lowest BCUT2D eigenvalue weighted by Gasteiger charge is -2.30. The molecule has 0 aromatic heterocycles. The van der Waals surface area contributed by atoms with Crippen LogP contribution in [0.4, 0.5) is 0 Å². The predicted molar refractivity (Wildman–Crippen MR) is 316 cm³/mol. The molecule has 3 atom stereocenters. The maximum Gasteiger partial charge on any atom is 0.306 e. The van der Waals surface area contributed by atoms with Crippen molar-refractivity contribution in [3.63, 3.8) is 0 Å². The van der Waals surface area contributed by atoms with Crippen molar-refractivity contribution in [2.75, 3.05) is 40.9 Å². The fourth-order valence-corrected chi connectivity index (χ4v) is 9.35. The second-order valence-corrected chi connectivity index (χ2v) is 23.2. The number of hydrogen-bond donors (Lipinski definition) is 1. The summed E-state index contributed by atoms with van der Waals surface area (Å²) in [6.45, 7) is 6.71. The van der Waals surface area contributed by atoms with Gasteiger partial charge in [-0.1, -0.05) is 235 Å². The van der Waals surface area contributed by atoms with Gasteiger partial charge in [-0.2, -0.15) is 0 Å². The monoisotopic (exact) mass is 1060 g/mol. The highest BCUT2D eigenvalue weighted by molar-refractivity contribution is 7.45. The number of unbranched alkanes of at least 4 members (excludes halogenated alkanes) is 29. The van der Waals surface area contributed by atoms with E-state index >= 15 is 0 Å². The zero-order chi connectivity index (χ0) is 54.3. The van der Waals surface area contributed by atoms with Crippen molar-refractivity contribution in [2.24, 2.45) is 0 Å². The fraction of sp³-hybridized carbons (Fsp3) is 0.781. The molecule has 10 heteroatoms. The number of allylic oxidation sites excluding steroid dienone is 11. The van der Waals surface area contributed by atoms with Crippen LogP contribution in [-0.4, -0.2) is 69.4 Å². The van der Waals surface area contributed by atoms with E-state index in [0.717, 1.165) is 83.5 Å². The lowest BCUT2D eigenvalue weighted by molar-refractivity contribution is -0.870. The van der Waals surface area contributed by atoms with Crippen molar-refractivity contribution in [1.82, 2.24) is 5.32 Å². The van der Waals surface area contributed by atoms with Gasteiger partial charge in [-0.15, -0.1) is 0 Å². The summed E-state index contributed by atoms with van der Waals surface area (Å²) in [5.41, 5.74) is 0. The van der Waals surface area contributed by atoms with E-state index in [1.54, 1.807) is 0 Å². The minimum absolute atomic E-state index is 0.0310. The summed E-state index contributed by atoms with van der Waals surface area (Å²) in [7, 11) is 1.16. The highest BCUT2D eigenvalue weighted by atomic mass is 31.2. The molecule has 0 radical (unpaired) electrons. The van der Waals surface area contributed by atoms with Crippen molar-refractivity contribution in [2.45, 2.75) is 283 Å². The average Bonchev–Trinajstić information content (AvgIpc) is 3.36. The molecule has 430 valence electrons. The lowest BCUT2D eigenvalue weighted by atomic mass is 10.0. The van der Waals surface area contributed by atoms with E-state index < -0.39 is 26.6 Å². The van der Waals surface area contributed by atoms with Gasteiger partial charge in [0.15, 0.2) is 0 Å². The summed E-state index contributed by atoms with van der Waals surface area (Å²) in [5, 5.41) is 3.01. The smallest absolute Gasteiger partial charge is 0.306 e. The normalized spacial score (nSPS) is 14.2. The maximum atomic E-state index is 13.5. The molecule has 0 fully saturated rings. The van der Waals surface area contributed by atoms with E-state index in [4.69, 9.17) is 13.8 Å². The molecule has 0 saturated carbocycles. The Morgan fingerprint density at radius 1 is 0.486 bits per heavy atom. The first kappa shape index (κ1) is 71.5. The fourth-order valence-electron chi connectivity index (χ4n) is 8.63. The quantitative estimate of drug-likeness (QED) is 0.0212. The molecule has 0 heterocycles. The molecule has 1 amide bonds. The summed E-state index contributed by atoms with van der Waals surface area (Å²) >= 11 is 0. The highest BCUT2D eigenvalue weighted by Crippen LogP contribution is 2.38. The average molecular weight is 1060 g/mol. The van der Waals surface area contributed by atoms with Crippen molar-refractivity contribution >= 4 is 19.7 Å². The third-order valence-electron chi connectivity index (χ3n) is 13.4. The Morgan fingerprint density at radius 3 is 1.32 bits per heavy atom. The van der Waals surface area contributed by atoms with Crippen LogP contribution in [0.15, 0.2) is 72.9 Å². The SMILES string of the molecule is CC/C=C/C/C=C/C/C=C/C/C=C/CCCCCC(=O)NC(COP(=O)([O-])OCC[N+](C)(C)C)C(/C=C/CCCCCCCCCCCCC)OC(=O)CCCCCCCCCCC/C=C/CCCCCCCC. The molecule has 1 N–H and O–H groups in total. The number of nitrogens with zero attached hydrogens (tertiary/aromatic N) is 1. The summed E-state index contributed by atoms with van der Waals surface area (Å²) < 4.78 is 30.3. The molecule has 0 spiro atoms. The number of rotatable bonds is 55. The number of phosphoric acid groups is 1. The standard InChI is InChI=1S/C64H117N2O7P/c1-7-10-13-16-19-22-25-28-30-32-33-34-36-39-42-45-48-51-54-57-64(68)73-62(55-52-49-46-43-40-37-27-24-21-18-15-12-9-3)61(60-72-74(69,70)71-59-58-66(4,5)6)65-63(67)56-53-50-47-44-41-38-35-31-29-26-23-20-17-14-11-8-2/h11,14,20,23,28-31,38,41,52,55,61-62H,7-10,12-13,15-19,21-22,24-27,32-37,39-40,42-51,53-54,56-60H2,1-6H3,(H-,65,67,69,70)/b14-11+,23-20+,30-28+,31-29+,41-38+,55-52+. The molecule has 0 aromatic rings. The van der Waals surface area contributed by atoms with E-state index in [2.05, 4.69) is 86.8 Å². The van der Waals surface area contributed by atoms with E-state index in [1.165, 1.54) is 148 Å². The van der Waals surface area contributed by atoms with Gasteiger partial charge < -0.3 is 28.5 Å². The van der Waals surface area contributed by atoms with Gasteiger partial charge in [0, 0.05) is 12.8 Å². The van der Waals surface area contributed by atoms with Gasteiger partial charge in [0.1, 0.15) is 19.3 Å². The summed E-state index contributed by atoms with van der Waals surface area (Å²) in [6.07, 6.45) is 68.7. The Balaban J connectivity index is 5.34. The Morgan fingerprint density at radius 2 is 0.865 bits per heavy atom. The molecule has 74 heavy (non-hydrogen) atoms. The third-order valence-corrected chi connectivity index (χ3v) is 14.3. The number of phosphoric ester groups is 1. The molecule has 0 aliphatic heterocycles. The van der Waals surface area contributed by atoms with Gasteiger partial charge in [0.25, 0.3) is 7.82 Å². The first-order chi connectivity index (χ1) is 35.9. The van der Waals surface area contributed by atoms with Crippen LogP contribution in [-0.2, 0) is 27.9 Å². The number of hydrogen-bond acceptors (Lipinski definition) is 7. The second kappa shape index (κ2) is 53.8. The number of carbonyl (C=O) groups is 2. The van der Waals surface area contributed by atoms with Crippen LogP contribution < -0.4 is 10.2 Å². The molecule has 0 aliphatic carbocycles. The Hall–Kier alpha value is -2.55. The van der Waals surface area contributed by atoms with Crippen LogP contribution in [0.25, 0.3) is 0 Å². The molecule has 0 aliphatic rings. The molecular weight excluding hydrogens is 940 g/mol. The Bertz CT molecular complexity index is 1500. The van der Waals surface area contributed by atoms with Gasteiger partial charge in [0.2, 0.25) is 5.91 Å². The molecule has 0 aromatic carbocycles. The van der Waals surface area contributed by atoms with E-state index in [9.17, 15) is 19.0 Å². The molecular formula is C64H117N2O7P. The molecule has 3 unspecified atom stereocenters. The Labute approximate surface area is 457 Å². The molecule has 0 bridgehead atoms. The maximum absolute atomic E-state index is 13.5. The van der Waals surface area contributed by atoms with Crippen molar-refractivity contribution in [1.29, 1.82) is 0 Å². The summed E-state index contributed by atoms with van der Waals surface area (Å²) in [6, 6.07) is -0.908. The van der Waals surface area contributed by atoms with Crippen LogP contribution in [0.3, 0.4) is 0 Å². The van der Waals surface area contributed by atoms with Crippen LogP contribution in [0, 0.1) is 0 Å². The van der Waals surface area contributed by atoms with Gasteiger partial charge in [-0.3, -0.25) is 14.2 Å². The first-order valence-corrected chi connectivity index (χ1v) is 32.2. The molecule has 9 nitrogen and oxygen atoms in total. The van der Waals surface area contributed by atoms with Gasteiger partial charge in [0.05, 0.1) is 33.8 Å². The van der Waals surface area contributed by atoms with Gasteiger partial charge in [-0.25, -0.2) is 0 Å². The predicted octanol–water partition coefficient (Wildman–Crippen LogP) is 18.2. The lowest BCUT2D eigenvalue weighted by Crippen LogP contribution is -2.47. The van der Waals surface area contributed by atoms with Gasteiger partial charge in [-0.05, 0) is 96.0 Å². The summed E-state index contributed by atoms with van der Waals surface area (Å²) in [5.74, 6) is -0.577. The second-order valence-electron chi connectivity index (χ2n) is 21.8. The number of quaternary nitrogens is 1. The third kappa shape index (κ3) is 54.2. The number of likely N-dealkylation sites (N-methyl/N-ethyl adjacent to an activating group) is 1. The topological polar surface area (TPSA) is 114 Å². The first-order valence-electron chi connectivity index (χ1n) is 30.7. The number of amides is 1. The number of carbonyl (C=O) groups excluding carboxylic acids is 2. The zero-order valence-electron chi connectivity index (χ0n) is 49.0. The number of nitrogens with one attached hydrogen (secondary N) is 1. The van der Waals surface area contributed by atoms with Gasteiger partial charge >= 0.3 is 5.97 Å². The van der Waals surface area contributed by atoms with Crippen LogP contribution in [0.5, 0.6) is 0 Å². The molecule has 0 saturated heterocycles. The van der Waals surface area contributed by atoms with E-state index in [0.29, 0.717) is 17.4 Å². The van der Waals surface area contributed by atoms with Crippen molar-refractivity contribution in [3.8, 4) is 0 Å². The largest absolute Gasteiger partial charge is 0.756 e. The number of esters is 1. The minimum atomic E-state index is -4.71. The number of ether oxygens (including phenoxy) is 1. The van der Waals surface area contributed by atoms with Crippen molar-refractivity contribution in [3.05, 3.63) is 72.9 Å². The highest BCUT2D eigenvalue weighted by Gasteiger charge is 2.27. The van der Waals surface area contributed by atoms with E-state index in [-0.39, 0.29) is 31.3 Å². The van der Waals surface area contributed by atoms with Crippen LogP contribution in [0.1, 0.15) is 271 Å². The zero-order valence-corrected chi connectivity index (χ0v) is 49.9. The van der Waals surface area contributed by atoms with Crippen molar-refractivity contribution < 1.29 is 37.3 Å².